The predicted molar refractivity (Wildman–Crippen MR) is 162 cm³/mol. The summed E-state index contributed by atoms with van der Waals surface area (Å²) in [5.74, 6) is 5.99. The lowest BCUT2D eigenvalue weighted by atomic mass is 9.98. The summed E-state index contributed by atoms with van der Waals surface area (Å²) in [4.78, 5) is 44.1. The van der Waals surface area contributed by atoms with Crippen molar-refractivity contribution < 1.29 is 19.5 Å². The normalized spacial score (nSPS) is 11.3. The summed E-state index contributed by atoms with van der Waals surface area (Å²) in [7, 11) is 0. The smallest absolute Gasteiger partial charge is 0.294 e. The average Bonchev–Trinajstić information content (AvgIpc) is 3.32. The Morgan fingerprint density at radius 2 is 1.79 bits per heavy atom. The number of nitrogens with zero attached hydrogens (tertiary/aromatic N) is 5. The fourth-order valence-electron chi connectivity index (χ4n) is 4.54. The molecule has 0 saturated heterocycles. The van der Waals surface area contributed by atoms with E-state index in [0.717, 1.165) is 41.6 Å². The van der Waals surface area contributed by atoms with Gasteiger partial charge in [0.05, 0.1) is 0 Å². The number of halogens is 1. The van der Waals surface area contributed by atoms with Crippen LogP contribution < -0.4 is 11.6 Å². The van der Waals surface area contributed by atoms with Crippen LogP contribution in [0.25, 0.3) is 11.1 Å². The fourth-order valence-corrected chi connectivity index (χ4v) is 4.79. The molecule has 0 aliphatic carbocycles. The topological polar surface area (TPSA) is 172 Å². The molecule has 0 fully saturated rings. The van der Waals surface area contributed by atoms with Crippen LogP contribution in [0.4, 0.5) is 0 Å². The lowest BCUT2D eigenvalue weighted by molar-refractivity contribution is -0.763. The molecule has 0 aliphatic heterocycles. The van der Waals surface area contributed by atoms with Crippen molar-refractivity contribution in [2.75, 3.05) is 0 Å². The maximum absolute atomic E-state index is 13.0. The zero-order valence-corrected chi connectivity index (χ0v) is 24.1. The van der Waals surface area contributed by atoms with Gasteiger partial charge >= 0.3 is 0 Å². The molecule has 1 heterocycles. The third-order valence-electron chi connectivity index (χ3n) is 6.71. The van der Waals surface area contributed by atoms with Gasteiger partial charge in [-0.1, -0.05) is 91.7 Å². The number of hydrogen-bond acceptors (Lipinski definition) is 8. The van der Waals surface area contributed by atoms with Gasteiger partial charge in [-0.25, -0.2) is 10.8 Å². The van der Waals surface area contributed by atoms with Gasteiger partial charge in [-0.2, -0.15) is 5.12 Å². The number of imidazole rings is 1. The van der Waals surface area contributed by atoms with Crippen molar-refractivity contribution in [3.8, 4) is 11.1 Å². The van der Waals surface area contributed by atoms with Gasteiger partial charge in [-0.15, -0.1) is 15.2 Å². The van der Waals surface area contributed by atoms with Crippen LogP contribution in [0.3, 0.4) is 0 Å². The van der Waals surface area contributed by atoms with Crippen LogP contribution in [0, 0.1) is 10.1 Å². The van der Waals surface area contributed by atoms with Gasteiger partial charge in [-0.3, -0.25) is 9.59 Å². The van der Waals surface area contributed by atoms with Gasteiger partial charge in [0, 0.05) is 24.1 Å². The Kier molecular flexibility index (Phi) is 10.2. The largest absolute Gasteiger partial charge is 0.382 e. The number of hydrazine groups is 1. The number of amides is 1. The number of nitrogens with two attached hydrogens (primary N) is 2. The minimum absolute atomic E-state index is 0.0150. The molecule has 4 aromatic rings. The van der Waals surface area contributed by atoms with Crippen LogP contribution >= 0.6 is 11.6 Å². The van der Waals surface area contributed by atoms with Crippen LogP contribution in [0.5, 0.6) is 0 Å². The number of carbonyl (C=O) groups is 2. The number of hydrazone groups is 1. The average molecular weight is 604 g/mol. The molecule has 12 nitrogen and oxygen atoms in total. The summed E-state index contributed by atoms with van der Waals surface area (Å²) in [6, 6.07) is 21.2. The van der Waals surface area contributed by atoms with E-state index < -0.39 is 17.6 Å². The van der Waals surface area contributed by atoms with Gasteiger partial charge in [-0.05, 0) is 34.7 Å². The van der Waals surface area contributed by atoms with Crippen molar-refractivity contribution >= 4 is 29.6 Å². The van der Waals surface area contributed by atoms with E-state index in [1.165, 1.54) is 12.1 Å². The van der Waals surface area contributed by atoms with Crippen molar-refractivity contribution in [2.45, 2.75) is 39.3 Å². The first-order chi connectivity index (χ1) is 20.7. The number of hydrogen-bond donors (Lipinski definition) is 2. The van der Waals surface area contributed by atoms with Gasteiger partial charge in [0.25, 0.3) is 11.0 Å². The third kappa shape index (κ3) is 7.42. The van der Waals surface area contributed by atoms with Crippen LogP contribution in [-0.2, 0) is 24.4 Å². The van der Waals surface area contributed by atoms with E-state index in [1.807, 2.05) is 41.0 Å². The Bertz CT molecular complexity index is 1650. The SMILES string of the molecule is CCCCc1nc(Cl)c(C=O)n1Cc1ccc(-c2ccccc2/C(N)=N/N(N)C(=O)c2ccccc2CO[N+](=O)[O-])cc1. The fraction of sp³-hybridized carbons (Fsp3) is 0.200. The Hall–Kier alpha value is -5.07. The molecule has 0 saturated carbocycles. The summed E-state index contributed by atoms with van der Waals surface area (Å²) >= 11 is 6.22. The van der Waals surface area contributed by atoms with Crippen LogP contribution in [0.15, 0.2) is 77.9 Å². The number of aryl methyl sites for hydroxylation is 1. The van der Waals surface area contributed by atoms with Gasteiger partial charge < -0.3 is 15.1 Å². The lowest BCUT2D eigenvalue weighted by Gasteiger charge is -2.16. The number of aldehydes is 1. The summed E-state index contributed by atoms with van der Waals surface area (Å²) in [6.07, 6.45) is 3.36. The van der Waals surface area contributed by atoms with Crippen molar-refractivity contribution in [1.29, 1.82) is 0 Å². The molecule has 222 valence electrons. The van der Waals surface area contributed by atoms with Gasteiger partial charge in [0.2, 0.25) is 0 Å². The number of amidine groups is 1. The zero-order chi connectivity index (χ0) is 30.9. The van der Waals surface area contributed by atoms with E-state index in [0.29, 0.717) is 29.3 Å². The first-order valence-corrected chi connectivity index (χ1v) is 13.8. The van der Waals surface area contributed by atoms with E-state index in [9.17, 15) is 19.7 Å². The number of aromatic nitrogens is 2. The molecule has 0 radical (unpaired) electrons. The molecular weight excluding hydrogens is 574 g/mol. The number of unbranched alkanes of at least 4 members (excludes halogenated alkanes) is 1. The molecule has 0 atom stereocenters. The molecule has 1 amide bonds. The van der Waals surface area contributed by atoms with Crippen molar-refractivity contribution in [2.24, 2.45) is 16.7 Å². The molecule has 4 rings (SSSR count). The molecule has 0 aliphatic rings. The molecule has 13 heteroatoms. The third-order valence-corrected chi connectivity index (χ3v) is 6.99. The van der Waals surface area contributed by atoms with Crippen LogP contribution in [0.1, 0.15) is 63.1 Å². The Morgan fingerprint density at radius 3 is 2.47 bits per heavy atom. The Balaban J connectivity index is 1.57. The van der Waals surface area contributed by atoms with Crippen molar-refractivity contribution in [3.63, 3.8) is 0 Å². The zero-order valence-electron chi connectivity index (χ0n) is 23.4. The highest BCUT2D eigenvalue weighted by Crippen LogP contribution is 2.26. The van der Waals surface area contributed by atoms with Gasteiger partial charge in [0.15, 0.2) is 17.3 Å². The second kappa shape index (κ2) is 14.2. The maximum atomic E-state index is 13.0. The molecule has 0 unspecified atom stereocenters. The van der Waals surface area contributed by atoms with E-state index in [2.05, 4.69) is 21.8 Å². The predicted octanol–water partition coefficient (Wildman–Crippen LogP) is 4.75. The molecule has 43 heavy (non-hydrogen) atoms. The lowest BCUT2D eigenvalue weighted by Crippen LogP contribution is -2.36. The second-order valence-corrected chi connectivity index (χ2v) is 9.90. The minimum atomic E-state index is -0.943. The maximum Gasteiger partial charge on any atom is 0.294 e. The summed E-state index contributed by atoms with van der Waals surface area (Å²) < 4.78 is 1.84. The highest BCUT2D eigenvalue weighted by Gasteiger charge is 2.19. The Labute approximate surface area is 252 Å². The minimum Gasteiger partial charge on any atom is -0.382 e. The summed E-state index contributed by atoms with van der Waals surface area (Å²) in [6.45, 7) is 2.09. The molecule has 0 bridgehead atoms. The monoisotopic (exact) mass is 603 g/mol. The molecule has 0 spiro atoms. The summed E-state index contributed by atoms with van der Waals surface area (Å²) in [5, 5.41) is 14.6. The molecule has 4 N–H and O–H groups in total. The quantitative estimate of drug-likeness (QED) is 0.0419. The van der Waals surface area contributed by atoms with Gasteiger partial charge in [0.1, 0.15) is 18.1 Å². The molecule has 1 aromatic heterocycles. The van der Waals surface area contributed by atoms with E-state index in [-0.39, 0.29) is 22.1 Å². The number of carbonyl (C=O) groups excluding carboxylic acids is 2. The highest BCUT2D eigenvalue weighted by molar-refractivity contribution is 6.31. The molecule has 3 aromatic carbocycles. The highest BCUT2D eigenvalue weighted by atomic mass is 35.5. The van der Waals surface area contributed by atoms with E-state index in [1.54, 1.807) is 24.3 Å². The first-order valence-electron chi connectivity index (χ1n) is 13.4. The number of benzene rings is 3. The van der Waals surface area contributed by atoms with E-state index >= 15 is 0 Å². The summed E-state index contributed by atoms with van der Waals surface area (Å²) in [5.41, 5.74) is 10.1. The molecular formula is C30H30ClN7O5. The van der Waals surface area contributed by atoms with Crippen LogP contribution in [-0.4, -0.2) is 37.8 Å². The van der Waals surface area contributed by atoms with Crippen LogP contribution in [0.2, 0.25) is 5.15 Å². The van der Waals surface area contributed by atoms with Crippen molar-refractivity contribution in [1.82, 2.24) is 14.7 Å². The number of rotatable bonds is 13. The first kappa shape index (κ1) is 30.9. The van der Waals surface area contributed by atoms with Crippen molar-refractivity contribution in [3.05, 3.63) is 122 Å². The second-order valence-electron chi connectivity index (χ2n) is 9.54. The van der Waals surface area contributed by atoms with E-state index in [4.69, 9.17) is 23.2 Å². The Morgan fingerprint density at radius 1 is 1.12 bits per heavy atom. The standard InChI is InChI=1S/C30H30ClN7O5/c1-2-3-12-27-34-28(31)26(18-39)36(27)17-20-13-15-21(16-14-20)23-9-6-7-11-25(23)29(32)35-37(33)30(40)24-10-5-4-8-22(24)19-43-38(41)42/h4-11,13-16,18H,2-3,12,17,19,33H2,1H3,(H2,32,35).